The second-order valence-electron chi connectivity index (χ2n) is 7.79. The highest BCUT2D eigenvalue weighted by molar-refractivity contribution is 6.35. The van der Waals surface area contributed by atoms with Gasteiger partial charge in [0.15, 0.2) is 0 Å². The van der Waals surface area contributed by atoms with Gasteiger partial charge in [-0.15, -0.1) is 0 Å². The molecule has 34 heavy (non-hydrogen) atoms. The molecule has 5 aromatic rings. The first-order valence-electron chi connectivity index (χ1n) is 10.2. The minimum atomic E-state index is -1.18. The molecule has 0 fully saturated rings. The number of hydrogen-bond donors (Lipinski definition) is 3. The SMILES string of the molecule is CN(C(=O)O)c1nc2c(Cl)cc(-c3cc(Cc4n[nH]c(=O)c5ccccc45)ccc3F)cc2[nH]1. The van der Waals surface area contributed by atoms with Gasteiger partial charge in [0.2, 0.25) is 5.95 Å². The molecule has 170 valence electrons. The average molecular weight is 478 g/mol. The van der Waals surface area contributed by atoms with E-state index in [1.165, 1.54) is 13.1 Å². The standard InChI is InChI=1S/C24H17ClFN5O3/c1-31(24(33)34)23-27-20-11-13(10-17(25)21(20)28-23)16-8-12(6-7-18(16)26)9-19-14-4-2-3-5-15(14)22(32)30-29-19/h2-8,10-11H,9H2,1H3,(H,27,28)(H,30,32)(H,33,34). The lowest BCUT2D eigenvalue weighted by atomic mass is 9.98. The van der Waals surface area contributed by atoms with E-state index in [2.05, 4.69) is 20.2 Å². The van der Waals surface area contributed by atoms with Crippen molar-refractivity contribution >= 4 is 45.4 Å². The van der Waals surface area contributed by atoms with Crippen LogP contribution in [0.3, 0.4) is 0 Å². The Morgan fingerprint density at radius 2 is 1.91 bits per heavy atom. The lowest BCUT2D eigenvalue weighted by Gasteiger charge is -2.09. The topological polar surface area (TPSA) is 115 Å². The molecule has 0 radical (unpaired) electrons. The summed E-state index contributed by atoms with van der Waals surface area (Å²) in [6.45, 7) is 0. The summed E-state index contributed by atoms with van der Waals surface area (Å²) in [7, 11) is 1.35. The first-order valence-corrected chi connectivity index (χ1v) is 10.6. The molecule has 3 N–H and O–H groups in total. The molecule has 0 unspecified atom stereocenters. The minimum Gasteiger partial charge on any atom is -0.465 e. The highest BCUT2D eigenvalue weighted by Gasteiger charge is 2.17. The van der Waals surface area contributed by atoms with Crippen molar-refractivity contribution in [1.29, 1.82) is 0 Å². The number of nitrogens with zero attached hydrogens (tertiary/aromatic N) is 3. The first kappa shape index (κ1) is 21.6. The van der Waals surface area contributed by atoms with Crippen molar-refractivity contribution in [3.8, 4) is 11.1 Å². The Labute approximate surface area is 196 Å². The monoisotopic (exact) mass is 477 g/mol. The van der Waals surface area contributed by atoms with Crippen molar-refractivity contribution in [3.05, 3.63) is 87.0 Å². The zero-order chi connectivity index (χ0) is 24.0. The van der Waals surface area contributed by atoms with Crippen LogP contribution in [0.4, 0.5) is 15.1 Å². The van der Waals surface area contributed by atoms with Crippen LogP contribution in [0.5, 0.6) is 0 Å². The molecule has 1 amide bonds. The van der Waals surface area contributed by atoms with Crippen molar-refractivity contribution in [2.45, 2.75) is 6.42 Å². The number of amides is 1. The number of rotatable bonds is 4. The highest BCUT2D eigenvalue weighted by atomic mass is 35.5. The molecule has 10 heteroatoms. The molecule has 0 saturated heterocycles. The maximum atomic E-state index is 14.9. The second-order valence-corrected chi connectivity index (χ2v) is 8.20. The Morgan fingerprint density at radius 1 is 1.15 bits per heavy atom. The summed E-state index contributed by atoms with van der Waals surface area (Å²) < 4.78 is 14.9. The maximum absolute atomic E-state index is 14.9. The van der Waals surface area contributed by atoms with Gasteiger partial charge in [-0.2, -0.15) is 5.10 Å². The van der Waals surface area contributed by atoms with E-state index in [0.717, 1.165) is 15.8 Å². The Morgan fingerprint density at radius 3 is 2.68 bits per heavy atom. The van der Waals surface area contributed by atoms with Crippen LogP contribution in [0, 0.1) is 5.82 Å². The third-order valence-electron chi connectivity index (χ3n) is 5.62. The Hall–Kier alpha value is -4.24. The second kappa shape index (κ2) is 8.27. The molecule has 0 spiro atoms. The van der Waals surface area contributed by atoms with E-state index in [1.807, 2.05) is 12.1 Å². The van der Waals surface area contributed by atoms with Gasteiger partial charge < -0.3 is 10.1 Å². The molecule has 2 heterocycles. The van der Waals surface area contributed by atoms with Crippen molar-refractivity contribution in [2.24, 2.45) is 0 Å². The summed E-state index contributed by atoms with van der Waals surface area (Å²) in [5.74, 6) is -0.340. The van der Waals surface area contributed by atoms with Crippen LogP contribution in [0.1, 0.15) is 11.3 Å². The number of H-pyrrole nitrogens is 2. The first-order chi connectivity index (χ1) is 16.3. The number of fused-ring (bicyclic) bond motifs is 2. The number of carbonyl (C=O) groups is 1. The summed E-state index contributed by atoms with van der Waals surface area (Å²) >= 11 is 6.40. The number of aromatic amines is 2. The van der Waals surface area contributed by atoms with Crippen LogP contribution in [0.15, 0.2) is 59.4 Å². The molecule has 0 atom stereocenters. The quantitative estimate of drug-likeness (QED) is 0.338. The molecule has 2 aromatic heterocycles. The fraction of sp³-hybridized carbons (Fsp3) is 0.0833. The van der Waals surface area contributed by atoms with Crippen LogP contribution in [-0.4, -0.2) is 38.4 Å². The van der Waals surface area contributed by atoms with Gasteiger partial charge in [0.05, 0.1) is 21.6 Å². The largest absolute Gasteiger partial charge is 0.465 e. The normalized spacial score (nSPS) is 11.3. The van der Waals surface area contributed by atoms with Crippen LogP contribution >= 0.6 is 11.6 Å². The van der Waals surface area contributed by atoms with E-state index in [-0.39, 0.29) is 16.5 Å². The smallest absolute Gasteiger partial charge is 0.413 e. The number of aromatic nitrogens is 4. The fourth-order valence-electron chi connectivity index (χ4n) is 3.87. The van der Waals surface area contributed by atoms with Crippen LogP contribution in [-0.2, 0) is 6.42 Å². The third kappa shape index (κ3) is 3.75. The average Bonchev–Trinajstić information content (AvgIpc) is 3.26. The molecule has 0 aliphatic rings. The van der Waals surface area contributed by atoms with E-state index in [1.54, 1.807) is 36.4 Å². The lowest BCUT2D eigenvalue weighted by Crippen LogP contribution is -2.24. The molecule has 3 aromatic carbocycles. The van der Waals surface area contributed by atoms with Gasteiger partial charge in [-0.05, 0) is 41.5 Å². The number of imidazole rings is 1. The highest BCUT2D eigenvalue weighted by Crippen LogP contribution is 2.33. The van der Waals surface area contributed by atoms with Gasteiger partial charge in [-0.25, -0.2) is 19.3 Å². The summed E-state index contributed by atoms with van der Waals surface area (Å²) in [5.41, 5.74) is 2.86. The van der Waals surface area contributed by atoms with E-state index in [9.17, 15) is 19.1 Å². The van der Waals surface area contributed by atoms with Gasteiger partial charge in [0, 0.05) is 24.4 Å². The van der Waals surface area contributed by atoms with Crippen LogP contribution < -0.4 is 10.5 Å². The van der Waals surface area contributed by atoms with Crippen molar-refractivity contribution < 1.29 is 14.3 Å². The zero-order valence-corrected chi connectivity index (χ0v) is 18.5. The Kier molecular flexibility index (Phi) is 5.25. The zero-order valence-electron chi connectivity index (χ0n) is 17.8. The van der Waals surface area contributed by atoms with E-state index in [4.69, 9.17) is 11.6 Å². The summed E-state index contributed by atoms with van der Waals surface area (Å²) in [5, 5.41) is 17.4. The summed E-state index contributed by atoms with van der Waals surface area (Å²) in [6.07, 6.45) is -0.810. The van der Waals surface area contributed by atoms with E-state index in [0.29, 0.717) is 39.7 Å². The van der Waals surface area contributed by atoms with Crippen LogP contribution in [0.2, 0.25) is 5.02 Å². The van der Waals surface area contributed by atoms with Crippen molar-refractivity contribution in [2.75, 3.05) is 11.9 Å². The minimum absolute atomic E-state index is 0.104. The summed E-state index contributed by atoms with van der Waals surface area (Å²) in [4.78, 5) is 31.4. The number of nitrogens with one attached hydrogen (secondary N) is 2. The predicted molar refractivity (Wildman–Crippen MR) is 128 cm³/mol. The molecule has 0 saturated carbocycles. The molecule has 8 nitrogen and oxygen atoms in total. The molecule has 0 bridgehead atoms. The molecule has 0 aliphatic carbocycles. The van der Waals surface area contributed by atoms with Crippen molar-refractivity contribution in [1.82, 2.24) is 20.2 Å². The summed E-state index contributed by atoms with van der Waals surface area (Å²) in [6, 6.07) is 15.2. The lowest BCUT2D eigenvalue weighted by molar-refractivity contribution is 0.203. The van der Waals surface area contributed by atoms with Gasteiger partial charge >= 0.3 is 6.09 Å². The molecular formula is C24H17ClFN5O3. The van der Waals surface area contributed by atoms with Gasteiger partial charge in [-0.3, -0.25) is 9.69 Å². The number of benzene rings is 3. The number of carboxylic acid groups (broad SMARTS) is 1. The maximum Gasteiger partial charge on any atom is 0.413 e. The van der Waals surface area contributed by atoms with Gasteiger partial charge in [-0.1, -0.05) is 35.9 Å². The van der Waals surface area contributed by atoms with E-state index >= 15 is 0 Å². The molecular weight excluding hydrogens is 461 g/mol. The van der Waals surface area contributed by atoms with Gasteiger partial charge in [0.25, 0.3) is 5.56 Å². The number of anilines is 1. The third-order valence-corrected chi connectivity index (χ3v) is 5.91. The van der Waals surface area contributed by atoms with Crippen molar-refractivity contribution in [3.63, 3.8) is 0 Å². The van der Waals surface area contributed by atoms with Crippen LogP contribution in [0.25, 0.3) is 32.9 Å². The van der Waals surface area contributed by atoms with Gasteiger partial charge in [0.1, 0.15) is 11.3 Å². The predicted octanol–water partition coefficient (Wildman–Crippen LogP) is 4.96. The molecule has 5 rings (SSSR count). The Bertz CT molecular complexity index is 1650. The number of hydrogen-bond acceptors (Lipinski definition) is 4. The fourth-order valence-corrected chi connectivity index (χ4v) is 4.13. The number of halogens is 2. The molecule has 0 aliphatic heterocycles. The Balaban J connectivity index is 1.56. The van der Waals surface area contributed by atoms with E-state index < -0.39 is 11.9 Å².